The lowest BCUT2D eigenvalue weighted by Crippen LogP contribution is -2.54. The largest absolute Gasteiger partial charge is 0.339 e. The van der Waals surface area contributed by atoms with E-state index in [1.165, 1.54) is 19.3 Å². The molecule has 2 fully saturated rings. The molecular formula is C22H31N3O3. The molecule has 3 rings (SSSR count). The number of aryl methyl sites for hydroxylation is 1. The van der Waals surface area contributed by atoms with Crippen molar-refractivity contribution in [2.24, 2.45) is 0 Å². The second-order valence-electron chi connectivity index (χ2n) is 7.94. The third kappa shape index (κ3) is 5.57. The molecule has 1 aliphatic carbocycles. The Bertz CT molecular complexity index is 687. The number of carbonyl (C=O) groups excluding carboxylic acids is 3. The second kappa shape index (κ2) is 9.71. The Morgan fingerprint density at radius 2 is 1.50 bits per heavy atom. The minimum absolute atomic E-state index is 0.00107. The van der Waals surface area contributed by atoms with E-state index in [1.54, 1.807) is 9.80 Å². The number of urea groups is 1. The van der Waals surface area contributed by atoms with E-state index in [2.05, 4.69) is 5.32 Å². The molecule has 0 atom stereocenters. The first-order valence-corrected chi connectivity index (χ1v) is 10.5. The van der Waals surface area contributed by atoms with Gasteiger partial charge in [-0.3, -0.25) is 9.59 Å². The normalized spacial score (nSPS) is 18.0. The van der Waals surface area contributed by atoms with Gasteiger partial charge < -0.3 is 15.1 Å². The van der Waals surface area contributed by atoms with Crippen LogP contribution < -0.4 is 5.32 Å². The lowest BCUT2D eigenvalue weighted by molar-refractivity contribution is -0.132. The summed E-state index contributed by atoms with van der Waals surface area (Å²) < 4.78 is 0. The molecule has 28 heavy (non-hydrogen) atoms. The molecule has 1 saturated heterocycles. The van der Waals surface area contributed by atoms with Gasteiger partial charge in [0, 0.05) is 50.6 Å². The third-order valence-electron chi connectivity index (χ3n) is 5.79. The highest BCUT2D eigenvalue weighted by atomic mass is 16.2. The maximum atomic E-state index is 12.4. The third-order valence-corrected chi connectivity index (χ3v) is 5.79. The smallest absolute Gasteiger partial charge is 0.317 e. The van der Waals surface area contributed by atoms with Crippen LogP contribution in [0.15, 0.2) is 24.3 Å². The van der Waals surface area contributed by atoms with Crippen molar-refractivity contribution in [3.63, 3.8) is 0 Å². The van der Waals surface area contributed by atoms with Gasteiger partial charge in [0.25, 0.3) is 0 Å². The fraction of sp³-hybridized carbons (Fsp3) is 0.591. The fourth-order valence-electron chi connectivity index (χ4n) is 3.93. The van der Waals surface area contributed by atoms with Crippen molar-refractivity contribution in [3.8, 4) is 0 Å². The van der Waals surface area contributed by atoms with E-state index in [1.807, 2.05) is 31.2 Å². The van der Waals surface area contributed by atoms with Crippen molar-refractivity contribution < 1.29 is 14.4 Å². The van der Waals surface area contributed by atoms with E-state index in [9.17, 15) is 14.4 Å². The van der Waals surface area contributed by atoms with Gasteiger partial charge in [0.1, 0.15) is 0 Å². The Labute approximate surface area is 167 Å². The summed E-state index contributed by atoms with van der Waals surface area (Å²) in [4.78, 5) is 40.7. The van der Waals surface area contributed by atoms with Gasteiger partial charge in [-0.05, 0) is 19.8 Å². The molecule has 6 heteroatoms. The fourth-order valence-corrected chi connectivity index (χ4v) is 3.93. The van der Waals surface area contributed by atoms with E-state index >= 15 is 0 Å². The van der Waals surface area contributed by atoms with Gasteiger partial charge >= 0.3 is 6.03 Å². The van der Waals surface area contributed by atoms with Crippen molar-refractivity contribution in [1.29, 1.82) is 0 Å². The van der Waals surface area contributed by atoms with E-state index in [-0.39, 0.29) is 30.6 Å². The highest BCUT2D eigenvalue weighted by molar-refractivity contribution is 5.98. The number of nitrogens with one attached hydrogen (secondary N) is 1. The summed E-state index contributed by atoms with van der Waals surface area (Å²) in [5.74, 6) is -0.00774. The SMILES string of the molecule is Cc1ccc(C(=O)CCC(=O)N2CCN(C(=O)NC3CCCCC3)CC2)cc1. The molecule has 3 amide bonds. The number of nitrogens with zero attached hydrogens (tertiary/aromatic N) is 2. The van der Waals surface area contributed by atoms with Crippen LogP contribution in [0.4, 0.5) is 4.79 Å². The number of hydrogen-bond donors (Lipinski definition) is 1. The molecule has 6 nitrogen and oxygen atoms in total. The zero-order chi connectivity index (χ0) is 19.9. The number of amides is 3. The average molecular weight is 386 g/mol. The molecule has 1 aromatic carbocycles. The van der Waals surface area contributed by atoms with E-state index in [4.69, 9.17) is 0 Å². The van der Waals surface area contributed by atoms with Crippen LogP contribution in [0.5, 0.6) is 0 Å². The lowest BCUT2D eigenvalue weighted by Gasteiger charge is -2.36. The predicted molar refractivity (Wildman–Crippen MR) is 108 cm³/mol. The first-order valence-electron chi connectivity index (χ1n) is 10.5. The molecule has 0 spiro atoms. The zero-order valence-electron chi connectivity index (χ0n) is 16.8. The molecule has 152 valence electrons. The summed E-state index contributed by atoms with van der Waals surface area (Å²) in [7, 11) is 0. The van der Waals surface area contributed by atoms with Crippen molar-refractivity contribution >= 4 is 17.7 Å². The summed E-state index contributed by atoms with van der Waals surface area (Å²) in [6, 6.07) is 7.74. The van der Waals surface area contributed by atoms with Crippen LogP contribution in [-0.2, 0) is 4.79 Å². The highest BCUT2D eigenvalue weighted by Crippen LogP contribution is 2.18. The summed E-state index contributed by atoms with van der Waals surface area (Å²) in [5.41, 5.74) is 1.76. The average Bonchev–Trinajstić information content (AvgIpc) is 2.73. The minimum atomic E-state index is -0.00667. The lowest BCUT2D eigenvalue weighted by atomic mass is 9.96. The number of benzene rings is 1. The van der Waals surface area contributed by atoms with Crippen molar-refractivity contribution in [1.82, 2.24) is 15.1 Å². The molecular weight excluding hydrogens is 354 g/mol. The Morgan fingerprint density at radius 3 is 2.14 bits per heavy atom. The van der Waals surface area contributed by atoms with Gasteiger partial charge in [0.2, 0.25) is 5.91 Å². The summed E-state index contributed by atoms with van der Waals surface area (Å²) in [5, 5.41) is 3.13. The first kappa shape index (κ1) is 20.4. The van der Waals surface area contributed by atoms with Crippen LogP contribution in [0.3, 0.4) is 0 Å². The van der Waals surface area contributed by atoms with E-state index in [0.29, 0.717) is 37.8 Å². The Hall–Kier alpha value is -2.37. The van der Waals surface area contributed by atoms with Crippen molar-refractivity contribution in [2.75, 3.05) is 26.2 Å². The number of carbonyl (C=O) groups is 3. The Balaban J connectivity index is 1.39. The standard InChI is InChI=1S/C22H31N3O3/c1-17-7-9-18(10-8-17)20(26)11-12-21(27)24-13-15-25(16-14-24)22(28)23-19-5-3-2-4-6-19/h7-10,19H,2-6,11-16H2,1H3,(H,23,28). The molecule has 1 aliphatic heterocycles. The van der Waals surface area contributed by atoms with Gasteiger partial charge in [0.05, 0.1) is 0 Å². The number of Topliss-reactive ketones (excluding diaryl/α,β-unsaturated/α-hetero) is 1. The van der Waals surface area contributed by atoms with Gasteiger partial charge in [-0.15, -0.1) is 0 Å². The number of hydrogen-bond acceptors (Lipinski definition) is 3. The predicted octanol–water partition coefficient (Wildman–Crippen LogP) is 3.14. The number of ketones is 1. The van der Waals surface area contributed by atoms with Gasteiger partial charge in [-0.25, -0.2) is 4.79 Å². The van der Waals surface area contributed by atoms with Gasteiger partial charge in [-0.2, -0.15) is 0 Å². The number of piperazine rings is 1. The van der Waals surface area contributed by atoms with Crippen molar-refractivity contribution in [2.45, 2.75) is 57.9 Å². The van der Waals surface area contributed by atoms with Crippen LogP contribution in [-0.4, -0.2) is 59.7 Å². The summed E-state index contributed by atoms with van der Waals surface area (Å²) >= 11 is 0. The van der Waals surface area contributed by atoms with E-state index < -0.39 is 0 Å². The molecule has 1 saturated carbocycles. The minimum Gasteiger partial charge on any atom is -0.339 e. The van der Waals surface area contributed by atoms with Crippen LogP contribution in [0.25, 0.3) is 0 Å². The van der Waals surface area contributed by atoms with Crippen molar-refractivity contribution in [3.05, 3.63) is 35.4 Å². The van der Waals surface area contributed by atoms with Crippen LogP contribution >= 0.6 is 0 Å². The topological polar surface area (TPSA) is 69.7 Å². The monoisotopic (exact) mass is 385 g/mol. The Morgan fingerprint density at radius 1 is 0.893 bits per heavy atom. The quantitative estimate of drug-likeness (QED) is 0.792. The van der Waals surface area contributed by atoms with Gasteiger partial charge in [0.15, 0.2) is 5.78 Å². The summed E-state index contributed by atoms with van der Waals surface area (Å²) in [6.45, 7) is 4.16. The van der Waals surface area contributed by atoms with Crippen LogP contribution in [0.1, 0.15) is 60.9 Å². The van der Waals surface area contributed by atoms with E-state index in [0.717, 1.165) is 18.4 Å². The Kier molecular flexibility index (Phi) is 7.06. The second-order valence-corrected chi connectivity index (χ2v) is 7.94. The molecule has 0 bridgehead atoms. The zero-order valence-corrected chi connectivity index (χ0v) is 16.8. The molecule has 0 radical (unpaired) electrons. The number of rotatable bonds is 5. The molecule has 1 heterocycles. The van der Waals surface area contributed by atoms with Gasteiger partial charge in [-0.1, -0.05) is 49.1 Å². The highest BCUT2D eigenvalue weighted by Gasteiger charge is 2.26. The maximum Gasteiger partial charge on any atom is 0.317 e. The molecule has 0 aromatic heterocycles. The van der Waals surface area contributed by atoms with Crippen LogP contribution in [0.2, 0.25) is 0 Å². The molecule has 1 N–H and O–H groups in total. The van der Waals surface area contributed by atoms with Crippen LogP contribution in [0, 0.1) is 6.92 Å². The molecule has 2 aliphatic rings. The summed E-state index contributed by atoms with van der Waals surface area (Å²) in [6.07, 6.45) is 6.23. The first-order chi connectivity index (χ1) is 13.5. The molecule has 1 aromatic rings. The maximum absolute atomic E-state index is 12.4. The molecule has 0 unspecified atom stereocenters.